The highest BCUT2D eigenvalue weighted by Gasteiger charge is 2.30. The number of amidine groups is 1. The minimum Gasteiger partial charge on any atom is -0.464 e. The molecule has 0 saturated heterocycles. The van der Waals surface area contributed by atoms with Crippen molar-refractivity contribution < 1.29 is 9.53 Å². The lowest BCUT2D eigenvalue weighted by Crippen LogP contribution is -2.20. The van der Waals surface area contributed by atoms with E-state index in [4.69, 9.17) is 10.5 Å². The Morgan fingerprint density at radius 1 is 1.50 bits per heavy atom. The van der Waals surface area contributed by atoms with Gasteiger partial charge in [-0.3, -0.25) is 4.99 Å². The molecule has 0 bridgehead atoms. The number of benzene rings is 1. The molecule has 8 heteroatoms. The molecular formula is C16H13N5O2S. The van der Waals surface area contributed by atoms with Gasteiger partial charge in [-0.2, -0.15) is 5.26 Å². The lowest BCUT2D eigenvalue weighted by atomic mass is 10.2. The smallest absolute Gasteiger partial charge is 0.357 e. The third-order valence-corrected chi connectivity index (χ3v) is 5.16. The number of nitrogens with zero attached hydrogens (tertiary/aromatic N) is 4. The van der Waals surface area contributed by atoms with Crippen molar-refractivity contribution in [1.82, 2.24) is 4.57 Å². The van der Waals surface area contributed by atoms with Crippen LogP contribution in [-0.2, 0) is 4.74 Å². The Kier molecular flexibility index (Phi) is 3.25. The number of ether oxygens (including phenoxy) is 1. The number of nitriles is 1. The summed E-state index contributed by atoms with van der Waals surface area (Å²) in [6.07, 6.45) is 1.56. The summed E-state index contributed by atoms with van der Waals surface area (Å²) >= 11 is 1.64. The van der Waals surface area contributed by atoms with Gasteiger partial charge >= 0.3 is 5.97 Å². The predicted octanol–water partition coefficient (Wildman–Crippen LogP) is 2.00. The maximum atomic E-state index is 12.1. The molecule has 0 spiro atoms. The van der Waals surface area contributed by atoms with E-state index < -0.39 is 5.97 Å². The quantitative estimate of drug-likeness (QED) is 0.841. The van der Waals surface area contributed by atoms with Crippen molar-refractivity contribution in [3.63, 3.8) is 0 Å². The van der Waals surface area contributed by atoms with Crippen molar-refractivity contribution in [2.45, 2.75) is 4.90 Å². The SMILES string of the molecule is COC(=O)c1c(N)c(C#N)cn1-c1ccc2c(c1)N1CCN=C1S2. The molecule has 0 saturated carbocycles. The van der Waals surface area contributed by atoms with E-state index in [1.54, 1.807) is 22.5 Å². The third kappa shape index (κ3) is 1.98. The van der Waals surface area contributed by atoms with E-state index in [1.807, 2.05) is 24.3 Å². The van der Waals surface area contributed by atoms with E-state index in [-0.39, 0.29) is 16.9 Å². The van der Waals surface area contributed by atoms with Gasteiger partial charge in [0.2, 0.25) is 0 Å². The molecule has 1 aromatic carbocycles. The maximum Gasteiger partial charge on any atom is 0.357 e. The molecule has 1 aromatic heterocycles. The summed E-state index contributed by atoms with van der Waals surface area (Å²) in [4.78, 5) is 19.8. The summed E-state index contributed by atoms with van der Waals surface area (Å²) in [5, 5.41) is 10.2. The minimum absolute atomic E-state index is 0.127. The number of rotatable bonds is 2. The van der Waals surface area contributed by atoms with Crippen LogP contribution < -0.4 is 10.6 Å². The molecule has 4 rings (SSSR count). The standard InChI is InChI=1S/C16H13N5O2S/c1-23-15(22)14-13(18)9(7-17)8-21(14)10-2-3-12-11(6-10)20-5-4-19-16(20)24-12/h2-3,6,8H,4-5,18H2,1H3. The first-order chi connectivity index (χ1) is 11.6. The summed E-state index contributed by atoms with van der Waals surface area (Å²) in [6.45, 7) is 1.63. The second-order valence-corrected chi connectivity index (χ2v) is 6.36. The van der Waals surface area contributed by atoms with Crippen molar-refractivity contribution in [3.8, 4) is 11.8 Å². The number of fused-ring (bicyclic) bond motifs is 3. The van der Waals surface area contributed by atoms with Crippen molar-refractivity contribution >= 4 is 34.3 Å². The highest BCUT2D eigenvalue weighted by molar-refractivity contribution is 8.14. The number of nitrogens with two attached hydrogens (primary N) is 1. The van der Waals surface area contributed by atoms with Gasteiger partial charge in [-0.15, -0.1) is 0 Å². The molecule has 24 heavy (non-hydrogen) atoms. The van der Waals surface area contributed by atoms with Gasteiger partial charge in [0.1, 0.15) is 6.07 Å². The highest BCUT2D eigenvalue weighted by Crippen LogP contribution is 2.43. The largest absolute Gasteiger partial charge is 0.464 e. The number of thioether (sulfide) groups is 1. The number of aromatic nitrogens is 1. The molecule has 0 fully saturated rings. The second-order valence-electron chi connectivity index (χ2n) is 5.35. The van der Waals surface area contributed by atoms with E-state index in [0.717, 1.165) is 34.5 Å². The van der Waals surface area contributed by atoms with E-state index in [9.17, 15) is 10.1 Å². The monoisotopic (exact) mass is 339 g/mol. The lowest BCUT2D eigenvalue weighted by molar-refractivity contribution is 0.0593. The minimum atomic E-state index is -0.577. The van der Waals surface area contributed by atoms with Crippen LogP contribution in [0.4, 0.5) is 11.4 Å². The number of methoxy groups -OCH3 is 1. The Hall–Kier alpha value is -2.92. The number of aliphatic imine (C=N–C) groups is 1. The highest BCUT2D eigenvalue weighted by atomic mass is 32.2. The van der Waals surface area contributed by atoms with E-state index in [1.165, 1.54) is 7.11 Å². The molecule has 2 aliphatic rings. The number of anilines is 2. The fourth-order valence-electron chi connectivity index (χ4n) is 2.91. The van der Waals surface area contributed by atoms with Gasteiger partial charge < -0.3 is 19.9 Å². The first kappa shape index (κ1) is 14.7. The number of hydrogen-bond donors (Lipinski definition) is 1. The Labute approximate surface area is 142 Å². The number of carbonyl (C=O) groups excluding carboxylic acids is 1. The Balaban J connectivity index is 1.87. The van der Waals surface area contributed by atoms with Gasteiger partial charge in [0.25, 0.3) is 0 Å². The van der Waals surface area contributed by atoms with E-state index in [2.05, 4.69) is 9.89 Å². The molecule has 0 amide bonds. The first-order valence-corrected chi connectivity index (χ1v) is 8.09. The number of esters is 1. The maximum absolute atomic E-state index is 12.1. The molecule has 2 N–H and O–H groups in total. The van der Waals surface area contributed by atoms with E-state index in [0.29, 0.717) is 0 Å². The topological polar surface area (TPSA) is 96.6 Å². The zero-order valence-corrected chi connectivity index (χ0v) is 13.6. The van der Waals surface area contributed by atoms with Crippen LogP contribution in [0.1, 0.15) is 16.1 Å². The summed E-state index contributed by atoms with van der Waals surface area (Å²) < 4.78 is 6.42. The normalized spacial score (nSPS) is 14.8. The van der Waals surface area contributed by atoms with Crippen molar-refractivity contribution in [1.29, 1.82) is 5.26 Å². The molecular weight excluding hydrogens is 326 g/mol. The third-order valence-electron chi connectivity index (χ3n) is 4.06. The van der Waals surface area contributed by atoms with Gasteiger partial charge in [-0.25, -0.2) is 4.79 Å². The second kappa shape index (κ2) is 5.32. The zero-order valence-electron chi connectivity index (χ0n) is 12.8. The van der Waals surface area contributed by atoms with Crippen LogP contribution in [0, 0.1) is 11.3 Å². The average Bonchev–Trinajstić information content (AvgIpc) is 3.26. The summed E-state index contributed by atoms with van der Waals surface area (Å²) in [5.74, 6) is -0.577. The number of carbonyl (C=O) groups is 1. The van der Waals surface area contributed by atoms with Crippen LogP contribution in [0.3, 0.4) is 0 Å². The van der Waals surface area contributed by atoms with Gasteiger partial charge in [-0.1, -0.05) is 0 Å². The Morgan fingerprint density at radius 3 is 3.08 bits per heavy atom. The first-order valence-electron chi connectivity index (χ1n) is 7.27. The molecule has 3 heterocycles. The van der Waals surface area contributed by atoms with Crippen LogP contribution in [0.25, 0.3) is 5.69 Å². The molecule has 2 aromatic rings. The van der Waals surface area contributed by atoms with Gasteiger partial charge in [0.15, 0.2) is 10.9 Å². The predicted molar refractivity (Wildman–Crippen MR) is 91.7 cm³/mol. The fourth-order valence-corrected chi connectivity index (χ4v) is 3.97. The average molecular weight is 339 g/mol. The van der Waals surface area contributed by atoms with Gasteiger partial charge in [-0.05, 0) is 30.0 Å². The molecule has 120 valence electrons. The van der Waals surface area contributed by atoms with Crippen LogP contribution in [0.5, 0.6) is 0 Å². The molecule has 0 aliphatic carbocycles. The molecule has 0 radical (unpaired) electrons. The molecule has 2 aliphatic heterocycles. The Morgan fingerprint density at radius 2 is 2.33 bits per heavy atom. The van der Waals surface area contributed by atoms with Crippen LogP contribution in [0.2, 0.25) is 0 Å². The summed E-state index contributed by atoms with van der Waals surface area (Å²) in [5.41, 5.74) is 8.28. The number of hydrogen-bond acceptors (Lipinski definition) is 7. The van der Waals surface area contributed by atoms with Crippen molar-refractivity contribution in [2.24, 2.45) is 4.99 Å². The van der Waals surface area contributed by atoms with E-state index >= 15 is 0 Å². The molecule has 7 nitrogen and oxygen atoms in total. The molecule has 0 unspecified atom stereocenters. The van der Waals surface area contributed by atoms with Crippen LogP contribution in [0.15, 0.2) is 34.3 Å². The van der Waals surface area contributed by atoms with Crippen molar-refractivity contribution in [3.05, 3.63) is 35.7 Å². The lowest BCUT2D eigenvalue weighted by Gasteiger charge is -2.14. The van der Waals surface area contributed by atoms with Crippen LogP contribution >= 0.6 is 11.8 Å². The number of nitrogen functional groups attached to an aromatic ring is 1. The Bertz CT molecular complexity index is 941. The van der Waals surface area contributed by atoms with Crippen LogP contribution in [-0.4, -0.2) is 35.9 Å². The van der Waals surface area contributed by atoms with Gasteiger partial charge in [0.05, 0.1) is 30.6 Å². The molecule has 0 atom stereocenters. The summed E-state index contributed by atoms with van der Waals surface area (Å²) in [6, 6.07) is 7.86. The van der Waals surface area contributed by atoms with Gasteiger partial charge in [0, 0.05) is 23.3 Å². The zero-order chi connectivity index (χ0) is 16.8. The van der Waals surface area contributed by atoms with Crippen molar-refractivity contribution in [2.75, 3.05) is 30.8 Å². The fraction of sp³-hybridized carbons (Fsp3) is 0.188. The summed E-state index contributed by atoms with van der Waals surface area (Å²) in [7, 11) is 1.29.